The minimum absolute atomic E-state index is 0.210. The first-order chi connectivity index (χ1) is 13.1. The van der Waals surface area contributed by atoms with Crippen LogP contribution in [0.15, 0.2) is 48.5 Å². The van der Waals surface area contributed by atoms with Crippen molar-refractivity contribution in [3.05, 3.63) is 65.2 Å². The number of carbonyl (C=O) groups excluding carboxylic acids is 2. The predicted molar refractivity (Wildman–Crippen MR) is 101 cm³/mol. The number of hydrazine groups is 1. The molecule has 0 bridgehead atoms. The Bertz CT molecular complexity index is 841. The molecule has 140 valence electrons. The van der Waals surface area contributed by atoms with Gasteiger partial charge in [0, 0.05) is 18.5 Å². The standard InChI is InChI=1S/C20H21N3O4/c1-26-17-11-10-16(18(13-17)19(24)23-21)9-5-6-12-22-20(25)27-14-15-7-3-2-4-8-15/h2-4,7-8,10-11,13H,6,12,14,21H2,1H3,(H,22,25)(H,23,24). The second kappa shape index (κ2) is 10.5. The first kappa shape index (κ1) is 19.8. The lowest BCUT2D eigenvalue weighted by Crippen LogP contribution is -2.30. The fourth-order valence-corrected chi connectivity index (χ4v) is 2.18. The van der Waals surface area contributed by atoms with Crippen LogP contribution in [0.3, 0.4) is 0 Å². The van der Waals surface area contributed by atoms with Crippen molar-refractivity contribution in [2.24, 2.45) is 5.84 Å². The van der Waals surface area contributed by atoms with Crippen molar-refractivity contribution < 1.29 is 19.1 Å². The lowest BCUT2D eigenvalue weighted by atomic mass is 10.1. The van der Waals surface area contributed by atoms with Gasteiger partial charge in [0.05, 0.1) is 12.7 Å². The molecule has 0 atom stereocenters. The quantitative estimate of drug-likeness (QED) is 0.238. The molecule has 7 heteroatoms. The van der Waals surface area contributed by atoms with Gasteiger partial charge >= 0.3 is 6.09 Å². The van der Waals surface area contributed by atoms with Gasteiger partial charge < -0.3 is 14.8 Å². The summed E-state index contributed by atoms with van der Waals surface area (Å²) >= 11 is 0. The van der Waals surface area contributed by atoms with Crippen molar-refractivity contribution in [1.29, 1.82) is 0 Å². The van der Waals surface area contributed by atoms with Crippen LogP contribution in [-0.4, -0.2) is 25.7 Å². The second-order valence-electron chi connectivity index (χ2n) is 5.43. The van der Waals surface area contributed by atoms with Crippen LogP contribution in [-0.2, 0) is 11.3 Å². The molecular formula is C20H21N3O4. The van der Waals surface area contributed by atoms with Gasteiger partial charge in [0.1, 0.15) is 12.4 Å². The number of benzene rings is 2. The van der Waals surface area contributed by atoms with Gasteiger partial charge in [-0.1, -0.05) is 42.2 Å². The molecule has 0 saturated carbocycles. The fourth-order valence-electron chi connectivity index (χ4n) is 2.18. The SMILES string of the molecule is COc1ccc(C#CCCNC(=O)OCc2ccccc2)c(C(=O)NN)c1. The maximum atomic E-state index is 11.8. The molecule has 2 aromatic carbocycles. The summed E-state index contributed by atoms with van der Waals surface area (Å²) in [5.74, 6) is 11.1. The number of ether oxygens (including phenoxy) is 2. The zero-order chi connectivity index (χ0) is 19.5. The van der Waals surface area contributed by atoms with E-state index < -0.39 is 12.0 Å². The number of alkyl carbamates (subject to hydrolysis) is 1. The Hall–Kier alpha value is -3.50. The summed E-state index contributed by atoms with van der Waals surface area (Å²) in [6.07, 6.45) is -0.107. The monoisotopic (exact) mass is 367 g/mol. The molecule has 0 aliphatic rings. The van der Waals surface area contributed by atoms with E-state index in [2.05, 4.69) is 22.6 Å². The van der Waals surface area contributed by atoms with E-state index in [4.69, 9.17) is 15.3 Å². The molecule has 7 nitrogen and oxygen atoms in total. The Morgan fingerprint density at radius 1 is 1.15 bits per heavy atom. The Labute approximate surface area is 157 Å². The third-order valence-corrected chi connectivity index (χ3v) is 3.56. The molecule has 0 unspecified atom stereocenters. The van der Waals surface area contributed by atoms with E-state index in [1.807, 2.05) is 30.3 Å². The molecule has 0 aromatic heterocycles. The number of rotatable bonds is 6. The van der Waals surface area contributed by atoms with Crippen LogP contribution < -0.4 is 21.3 Å². The Kier molecular flexibility index (Phi) is 7.69. The van der Waals surface area contributed by atoms with Crippen molar-refractivity contribution in [3.63, 3.8) is 0 Å². The topological polar surface area (TPSA) is 103 Å². The summed E-state index contributed by atoms with van der Waals surface area (Å²) in [6, 6.07) is 14.4. The van der Waals surface area contributed by atoms with E-state index in [1.54, 1.807) is 18.2 Å². The third kappa shape index (κ3) is 6.38. The summed E-state index contributed by atoms with van der Waals surface area (Å²) in [6.45, 7) is 0.539. The number of nitrogens with one attached hydrogen (secondary N) is 2. The first-order valence-corrected chi connectivity index (χ1v) is 8.26. The summed E-state index contributed by atoms with van der Waals surface area (Å²) in [7, 11) is 1.51. The molecule has 2 aromatic rings. The number of nitrogen functional groups attached to an aromatic ring is 1. The number of hydrogen-bond donors (Lipinski definition) is 3. The summed E-state index contributed by atoms with van der Waals surface area (Å²) in [5.41, 5.74) is 3.83. The molecule has 0 spiro atoms. The van der Waals surface area contributed by atoms with Crippen molar-refractivity contribution in [2.75, 3.05) is 13.7 Å². The average molecular weight is 367 g/mol. The van der Waals surface area contributed by atoms with Crippen LogP contribution in [0, 0.1) is 11.8 Å². The third-order valence-electron chi connectivity index (χ3n) is 3.56. The van der Waals surface area contributed by atoms with E-state index in [0.29, 0.717) is 29.8 Å². The van der Waals surface area contributed by atoms with Gasteiger partial charge in [-0.05, 0) is 23.8 Å². The first-order valence-electron chi connectivity index (χ1n) is 8.26. The van der Waals surface area contributed by atoms with E-state index in [-0.39, 0.29) is 6.61 Å². The number of carbonyl (C=O) groups is 2. The maximum absolute atomic E-state index is 11.8. The van der Waals surface area contributed by atoms with E-state index in [0.717, 1.165) is 5.56 Å². The molecule has 4 N–H and O–H groups in total. The molecule has 0 aliphatic heterocycles. The molecule has 0 radical (unpaired) electrons. The molecule has 2 rings (SSSR count). The van der Waals surface area contributed by atoms with Crippen LogP contribution >= 0.6 is 0 Å². The highest BCUT2D eigenvalue weighted by Crippen LogP contribution is 2.17. The minimum Gasteiger partial charge on any atom is -0.497 e. The smallest absolute Gasteiger partial charge is 0.407 e. The Morgan fingerprint density at radius 3 is 2.63 bits per heavy atom. The molecule has 0 fully saturated rings. The number of hydrogen-bond acceptors (Lipinski definition) is 5. The van der Waals surface area contributed by atoms with Crippen LogP contribution in [0.4, 0.5) is 4.79 Å². The summed E-state index contributed by atoms with van der Waals surface area (Å²) in [4.78, 5) is 23.5. The summed E-state index contributed by atoms with van der Waals surface area (Å²) in [5, 5.41) is 2.62. The molecule has 0 heterocycles. The van der Waals surface area contributed by atoms with Gasteiger partial charge in [-0.25, -0.2) is 10.6 Å². The highest BCUT2D eigenvalue weighted by molar-refractivity contribution is 5.96. The largest absolute Gasteiger partial charge is 0.497 e. The van der Waals surface area contributed by atoms with Gasteiger partial charge in [-0.3, -0.25) is 10.2 Å². The Balaban J connectivity index is 1.83. The van der Waals surface area contributed by atoms with E-state index in [9.17, 15) is 9.59 Å². The van der Waals surface area contributed by atoms with Gasteiger partial charge in [0.25, 0.3) is 5.91 Å². The highest BCUT2D eigenvalue weighted by atomic mass is 16.5. The lowest BCUT2D eigenvalue weighted by Gasteiger charge is -2.06. The van der Waals surface area contributed by atoms with Crippen LogP contribution in [0.1, 0.15) is 27.9 Å². The van der Waals surface area contributed by atoms with Crippen molar-refractivity contribution in [3.8, 4) is 17.6 Å². The zero-order valence-electron chi connectivity index (χ0n) is 15.0. The van der Waals surface area contributed by atoms with E-state index >= 15 is 0 Å². The fraction of sp³-hybridized carbons (Fsp3) is 0.200. The molecule has 0 saturated heterocycles. The molecule has 2 amide bonds. The van der Waals surface area contributed by atoms with Crippen LogP contribution in [0.25, 0.3) is 0 Å². The Morgan fingerprint density at radius 2 is 1.93 bits per heavy atom. The zero-order valence-corrected chi connectivity index (χ0v) is 15.0. The number of nitrogens with two attached hydrogens (primary N) is 1. The van der Waals surface area contributed by atoms with Crippen molar-refractivity contribution >= 4 is 12.0 Å². The second-order valence-corrected chi connectivity index (χ2v) is 5.43. The van der Waals surface area contributed by atoms with E-state index in [1.165, 1.54) is 7.11 Å². The van der Waals surface area contributed by atoms with Gasteiger partial charge in [-0.2, -0.15) is 0 Å². The molecule has 0 aliphatic carbocycles. The maximum Gasteiger partial charge on any atom is 0.407 e. The normalized spacial score (nSPS) is 9.56. The van der Waals surface area contributed by atoms with Crippen LogP contribution in [0.2, 0.25) is 0 Å². The summed E-state index contributed by atoms with van der Waals surface area (Å²) < 4.78 is 10.2. The van der Waals surface area contributed by atoms with Gasteiger partial charge in [-0.15, -0.1) is 0 Å². The number of amides is 2. The lowest BCUT2D eigenvalue weighted by molar-refractivity contribution is 0.0953. The highest BCUT2D eigenvalue weighted by Gasteiger charge is 2.10. The molecule has 27 heavy (non-hydrogen) atoms. The predicted octanol–water partition coefficient (Wildman–Crippen LogP) is 1.97. The van der Waals surface area contributed by atoms with Crippen LogP contribution in [0.5, 0.6) is 5.75 Å². The number of methoxy groups -OCH3 is 1. The molecular weight excluding hydrogens is 346 g/mol. The van der Waals surface area contributed by atoms with Crippen molar-refractivity contribution in [1.82, 2.24) is 10.7 Å². The van der Waals surface area contributed by atoms with Gasteiger partial charge in [0.2, 0.25) is 0 Å². The minimum atomic E-state index is -0.506. The average Bonchev–Trinajstić information content (AvgIpc) is 2.72. The van der Waals surface area contributed by atoms with Crippen molar-refractivity contribution in [2.45, 2.75) is 13.0 Å². The van der Waals surface area contributed by atoms with Gasteiger partial charge in [0.15, 0.2) is 0 Å².